The minimum atomic E-state index is 0.251. The van der Waals surface area contributed by atoms with Crippen LogP contribution in [0, 0.1) is 0 Å². The van der Waals surface area contributed by atoms with E-state index in [-0.39, 0.29) is 5.92 Å². The third kappa shape index (κ3) is 2.46. The Morgan fingerprint density at radius 2 is 1.84 bits per heavy atom. The molecular weight excluding hydrogens is 230 g/mol. The summed E-state index contributed by atoms with van der Waals surface area (Å²) in [5, 5.41) is 0. The van der Waals surface area contributed by atoms with Crippen molar-refractivity contribution in [2.24, 2.45) is 0 Å². The van der Waals surface area contributed by atoms with Gasteiger partial charge in [-0.3, -0.25) is 4.98 Å². The van der Waals surface area contributed by atoms with Gasteiger partial charge in [0.1, 0.15) is 0 Å². The molecule has 0 bridgehead atoms. The summed E-state index contributed by atoms with van der Waals surface area (Å²) >= 11 is 0. The van der Waals surface area contributed by atoms with E-state index in [0.717, 1.165) is 6.42 Å². The maximum absolute atomic E-state index is 4.67. The van der Waals surface area contributed by atoms with Gasteiger partial charge in [0, 0.05) is 17.8 Å². The van der Waals surface area contributed by atoms with Crippen LogP contribution in [0.25, 0.3) is 0 Å². The predicted octanol–water partition coefficient (Wildman–Crippen LogP) is 4.28. The number of nitrogens with zero attached hydrogens (tertiary/aromatic N) is 1. The van der Waals surface area contributed by atoms with Crippen molar-refractivity contribution in [1.82, 2.24) is 4.98 Å². The van der Waals surface area contributed by atoms with Gasteiger partial charge in [0.25, 0.3) is 0 Å². The van der Waals surface area contributed by atoms with Gasteiger partial charge in [-0.2, -0.15) is 0 Å². The Labute approximate surface area is 115 Å². The number of hydrogen-bond acceptors (Lipinski definition) is 1. The van der Waals surface area contributed by atoms with Crippen LogP contribution in [-0.2, 0) is 12.8 Å². The molecule has 0 fully saturated rings. The average Bonchev–Trinajstić information content (AvgIpc) is 2.49. The highest BCUT2D eigenvalue weighted by molar-refractivity contribution is 5.38. The maximum atomic E-state index is 4.67. The average molecular weight is 249 g/mol. The molecule has 1 aliphatic carbocycles. The molecule has 1 aliphatic rings. The zero-order valence-electron chi connectivity index (χ0n) is 11.2. The normalized spacial score (nSPS) is 15.6. The smallest absolute Gasteiger partial charge is 0.0435 e. The second-order valence-electron chi connectivity index (χ2n) is 5.21. The van der Waals surface area contributed by atoms with Crippen molar-refractivity contribution in [3.63, 3.8) is 0 Å². The van der Waals surface area contributed by atoms with Crippen LogP contribution < -0.4 is 0 Å². The fourth-order valence-electron chi connectivity index (χ4n) is 2.90. The minimum absolute atomic E-state index is 0.251. The molecule has 2 aromatic rings. The van der Waals surface area contributed by atoms with Crippen LogP contribution in [0.5, 0.6) is 0 Å². The summed E-state index contributed by atoms with van der Waals surface area (Å²) in [4.78, 5) is 4.67. The number of aryl methyl sites for hydroxylation is 2. The number of benzene rings is 1. The van der Waals surface area contributed by atoms with Crippen LogP contribution in [0.3, 0.4) is 0 Å². The molecule has 1 aromatic heterocycles. The third-order valence-corrected chi connectivity index (χ3v) is 3.94. The number of hydrogen-bond donors (Lipinski definition) is 0. The highest BCUT2D eigenvalue weighted by atomic mass is 14.7. The van der Waals surface area contributed by atoms with Gasteiger partial charge in [-0.15, -0.1) is 6.58 Å². The van der Waals surface area contributed by atoms with Gasteiger partial charge in [-0.1, -0.05) is 42.5 Å². The highest BCUT2D eigenvalue weighted by Crippen LogP contribution is 2.28. The van der Waals surface area contributed by atoms with Crippen molar-refractivity contribution in [2.75, 3.05) is 0 Å². The number of aromatic nitrogens is 1. The van der Waals surface area contributed by atoms with Crippen molar-refractivity contribution in [3.8, 4) is 0 Å². The monoisotopic (exact) mass is 249 g/mol. The first-order valence-corrected chi connectivity index (χ1v) is 7.03. The van der Waals surface area contributed by atoms with E-state index in [1.165, 1.54) is 41.6 Å². The Balaban J connectivity index is 1.98. The highest BCUT2D eigenvalue weighted by Gasteiger charge is 2.15. The van der Waals surface area contributed by atoms with E-state index in [1.54, 1.807) is 0 Å². The molecule has 1 aromatic carbocycles. The lowest BCUT2D eigenvalue weighted by Gasteiger charge is -2.19. The lowest BCUT2D eigenvalue weighted by Crippen LogP contribution is -2.08. The molecule has 0 N–H and O–H groups in total. The summed E-state index contributed by atoms with van der Waals surface area (Å²) in [6.45, 7) is 4.00. The molecular formula is C18H19N. The number of pyridine rings is 1. The molecule has 1 heteroatoms. The van der Waals surface area contributed by atoms with Gasteiger partial charge in [0.2, 0.25) is 0 Å². The minimum Gasteiger partial charge on any atom is -0.261 e. The van der Waals surface area contributed by atoms with Crippen molar-refractivity contribution in [3.05, 3.63) is 77.6 Å². The van der Waals surface area contributed by atoms with Crippen LogP contribution in [-0.4, -0.2) is 4.98 Å². The van der Waals surface area contributed by atoms with Gasteiger partial charge >= 0.3 is 0 Å². The molecule has 1 atom stereocenters. The molecule has 0 saturated carbocycles. The molecule has 0 radical (unpaired) electrons. The largest absolute Gasteiger partial charge is 0.261 e. The predicted molar refractivity (Wildman–Crippen MR) is 79.4 cm³/mol. The Bertz CT molecular complexity index is 571. The Morgan fingerprint density at radius 1 is 1.05 bits per heavy atom. The van der Waals surface area contributed by atoms with Gasteiger partial charge in [0.15, 0.2) is 0 Å². The number of allylic oxidation sites excluding steroid dienone is 1. The van der Waals surface area contributed by atoms with Crippen LogP contribution in [0.4, 0.5) is 0 Å². The zero-order chi connectivity index (χ0) is 13.1. The number of rotatable bonds is 3. The Kier molecular flexibility index (Phi) is 3.45. The third-order valence-electron chi connectivity index (χ3n) is 3.94. The standard InChI is InChI=1S/C18H19N/c1-2-17(14-8-4-3-5-9-14)16-12-15-10-6-7-11-18(15)19-13-16/h2-5,8-9,12-13,17H,1,6-7,10-11H2/t17-/m1/s1. The number of fused-ring (bicyclic) bond motifs is 1. The molecule has 96 valence electrons. The molecule has 19 heavy (non-hydrogen) atoms. The topological polar surface area (TPSA) is 12.9 Å². The lowest BCUT2D eigenvalue weighted by atomic mass is 9.88. The summed E-state index contributed by atoms with van der Waals surface area (Å²) < 4.78 is 0. The Hall–Kier alpha value is -1.89. The summed E-state index contributed by atoms with van der Waals surface area (Å²) in [7, 11) is 0. The summed E-state index contributed by atoms with van der Waals surface area (Å²) in [6, 6.07) is 12.9. The summed E-state index contributed by atoms with van der Waals surface area (Å²) in [5.74, 6) is 0.251. The first kappa shape index (κ1) is 12.2. The van der Waals surface area contributed by atoms with Crippen LogP contribution >= 0.6 is 0 Å². The SMILES string of the molecule is C=C[C@H](c1ccccc1)c1cnc2c(c1)CCCC2. The first-order chi connectivity index (χ1) is 9.38. The fraction of sp³-hybridized carbons (Fsp3) is 0.278. The van der Waals surface area contributed by atoms with Crippen LogP contribution in [0.15, 0.2) is 55.3 Å². The van der Waals surface area contributed by atoms with E-state index < -0.39 is 0 Å². The first-order valence-electron chi connectivity index (χ1n) is 7.03. The molecule has 0 unspecified atom stereocenters. The van der Waals surface area contributed by atoms with E-state index in [9.17, 15) is 0 Å². The van der Waals surface area contributed by atoms with Crippen molar-refractivity contribution < 1.29 is 0 Å². The second kappa shape index (κ2) is 5.40. The van der Waals surface area contributed by atoms with E-state index >= 15 is 0 Å². The summed E-state index contributed by atoms with van der Waals surface area (Å²) in [6.07, 6.45) is 8.94. The van der Waals surface area contributed by atoms with E-state index in [4.69, 9.17) is 0 Å². The fourth-order valence-corrected chi connectivity index (χ4v) is 2.90. The molecule has 3 rings (SSSR count). The molecule has 0 spiro atoms. The molecule has 1 heterocycles. The Morgan fingerprint density at radius 3 is 2.63 bits per heavy atom. The van der Waals surface area contributed by atoms with Crippen LogP contribution in [0.1, 0.15) is 41.1 Å². The van der Waals surface area contributed by atoms with E-state index in [0.29, 0.717) is 0 Å². The summed E-state index contributed by atoms with van der Waals surface area (Å²) in [5.41, 5.74) is 5.29. The van der Waals surface area contributed by atoms with Gasteiger partial charge in [0.05, 0.1) is 0 Å². The second-order valence-corrected chi connectivity index (χ2v) is 5.21. The maximum Gasteiger partial charge on any atom is 0.0435 e. The van der Waals surface area contributed by atoms with Crippen molar-refractivity contribution >= 4 is 0 Å². The molecule has 1 nitrogen and oxygen atoms in total. The van der Waals surface area contributed by atoms with Gasteiger partial charge in [-0.05, 0) is 42.4 Å². The van der Waals surface area contributed by atoms with Gasteiger partial charge < -0.3 is 0 Å². The zero-order valence-corrected chi connectivity index (χ0v) is 11.2. The van der Waals surface area contributed by atoms with Crippen molar-refractivity contribution in [1.29, 1.82) is 0 Å². The van der Waals surface area contributed by atoms with E-state index in [2.05, 4.69) is 48.0 Å². The molecule has 0 amide bonds. The molecule has 0 aliphatic heterocycles. The van der Waals surface area contributed by atoms with Gasteiger partial charge in [-0.25, -0.2) is 0 Å². The quantitative estimate of drug-likeness (QED) is 0.740. The van der Waals surface area contributed by atoms with E-state index in [1.807, 2.05) is 12.3 Å². The van der Waals surface area contributed by atoms with Crippen molar-refractivity contribution in [2.45, 2.75) is 31.6 Å². The lowest BCUT2D eigenvalue weighted by molar-refractivity contribution is 0.665. The molecule has 0 saturated heterocycles. The van der Waals surface area contributed by atoms with Crippen LogP contribution in [0.2, 0.25) is 0 Å².